The number of likely N-dealkylation sites (N-methyl/N-ethyl adjacent to an activating group) is 1. The number of hydrogen-bond donors (Lipinski definition) is 2. The van der Waals surface area contributed by atoms with E-state index in [9.17, 15) is 9.90 Å². The second-order valence-corrected chi connectivity index (χ2v) is 10.1. The predicted octanol–water partition coefficient (Wildman–Crippen LogP) is 5.23. The van der Waals surface area contributed by atoms with Gasteiger partial charge in [-0.3, -0.25) is 4.79 Å². The highest BCUT2D eigenvalue weighted by Gasteiger charge is 2.25. The molecule has 174 valence electrons. The van der Waals surface area contributed by atoms with E-state index in [-0.39, 0.29) is 21.7 Å². The molecule has 10 heteroatoms. The summed E-state index contributed by atoms with van der Waals surface area (Å²) in [6.45, 7) is 6.16. The second-order valence-electron chi connectivity index (χ2n) is 8.27. The van der Waals surface area contributed by atoms with Crippen molar-refractivity contribution in [3.8, 4) is 5.75 Å². The summed E-state index contributed by atoms with van der Waals surface area (Å²) in [6, 6.07) is 3.57. The van der Waals surface area contributed by atoms with Crippen molar-refractivity contribution >= 4 is 62.2 Å². The molecule has 1 aromatic carbocycles. The number of halogens is 2. The van der Waals surface area contributed by atoms with E-state index in [0.717, 1.165) is 33.6 Å². The quantitative estimate of drug-likeness (QED) is 0.446. The number of benzene rings is 1. The number of carbonyl (C=O) groups is 1. The van der Waals surface area contributed by atoms with E-state index in [0.29, 0.717) is 30.6 Å². The Bertz CT molecular complexity index is 1200. The van der Waals surface area contributed by atoms with Crippen LogP contribution in [0.25, 0.3) is 10.2 Å². The molecule has 1 amide bonds. The number of thiophene rings is 1. The van der Waals surface area contributed by atoms with E-state index in [1.807, 2.05) is 18.0 Å². The molecule has 1 aliphatic rings. The van der Waals surface area contributed by atoms with E-state index < -0.39 is 0 Å². The third-order valence-corrected chi connectivity index (χ3v) is 7.67. The zero-order valence-electron chi connectivity index (χ0n) is 18.6. The van der Waals surface area contributed by atoms with Crippen LogP contribution in [-0.4, -0.2) is 57.0 Å². The standard InChI is InChI=1S/C23H25Cl2N5O2S/c1-13(2)29(3)7-4-5-19(32)30-8-6-15-18(11-30)33-23-20(15)22(26-12-27-23)28-14-9-16(24)21(25)17(31)10-14/h4-5,9-10,12-13,31H,6-8,11H2,1-3H3,(H,26,27,28)/b5-4+. The monoisotopic (exact) mass is 505 g/mol. The van der Waals surface area contributed by atoms with Crippen molar-refractivity contribution < 1.29 is 9.90 Å². The summed E-state index contributed by atoms with van der Waals surface area (Å²) in [6.07, 6.45) is 5.81. The lowest BCUT2D eigenvalue weighted by Crippen LogP contribution is -2.34. The molecule has 7 nitrogen and oxygen atoms in total. The topological polar surface area (TPSA) is 81.6 Å². The molecule has 0 aliphatic carbocycles. The minimum atomic E-state index is -0.105. The van der Waals surface area contributed by atoms with Crippen LogP contribution in [0, 0.1) is 0 Å². The smallest absolute Gasteiger partial charge is 0.246 e. The van der Waals surface area contributed by atoms with Crippen LogP contribution in [-0.2, 0) is 17.8 Å². The number of phenols is 1. The summed E-state index contributed by atoms with van der Waals surface area (Å²) < 4.78 is 0. The van der Waals surface area contributed by atoms with Gasteiger partial charge in [-0.25, -0.2) is 9.97 Å². The zero-order valence-corrected chi connectivity index (χ0v) is 20.9. The molecule has 33 heavy (non-hydrogen) atoms. The highest BCUT2D eigenvalue weighted by molar-refractivity contribution is 7.19. The van der Waals surface area contributed by atoms with Crippen LogP contribution in [0.4, 0.5) is 11.5 Å². The van der Waals surface area contributed by atoms with E-state index in [2.05, 4.69) is 34.0 Å². The number of fused-ring (bicyclic) bond motifs is 3. The average Bonchev–Trinajstić information content (AvgIpc) is 3.15. The van der Waals surface area contributed by atoms with Gasteiger partial charge in [-0.1, -0.05) is 29.3 Å². The largest absolute Gasteiger partial charge is 0.506 e. The third kappa shape index (κ3) is 5.09. The van der Waals surface area contributed by atoms with Gasteiger partial charge < -0.3 is 20.2 Å². The molecule has 0 radical (unpaired) electrons. The Hall–Kier alpha value is -2.39. The van der Waals surface area contributed by atoms with Gasteiger partial charge in [0.05, 0.1) is 17.0 Å². The van der Waals surface area contributed by atoms with Gasteiger partial charge in [-0.05, 0) is 38.9 Å². The van der Waals surface area contributed by atoms with E-state index in [1.165, 1.54) is 12.4 Å². The van der Waals surface area contributed by atoms with Gasteiger partial charge in [-0.2, -0.15) is 0 Å². The van der Waals surface area contributed by atoms with E-state index in [4.69, 9.17) is 23.2 Å². The molecule has 2 N–H and O–H groups in total. The van der Waals surface area contributed by atoms with Crippen LogP contribution in [0.1, 0.15) is 24.3 Å². The Morgan fingerprint density at radius 3 is 2.88 bits per heavy atom. The molecular weight excluding hydrogens is 481 g/mol. The first kappa shape index (κ1) is 23.8. The summed E-state index contributed by atoms with van der Waals surface area (Å²) in [5.41, 5.74) is 1.72. The van der Waals surface area contributed by atoms with Crippen molar-refractivity contribution in [1.82, 2.24) is 19.8 Å². The number of nitrogens with one attached hydrogen (secondary N) is 1. The molecule has 0 spiro atoms. The lowest BCUT2D eigenvalue weighted by atomic mass is 10.0. The summed E-state index contributed by atoms with van der Waals surface area (Å²) in [5.74, 6) is 0.545. The molecular formula is C23H25Cl2N5O2S. The van der Waals surface area contributed by atoms with Crippen LogP contribution in [0.15, 0.2) is 30.6 Å². The maximum atomic E-state index is 12.7. The number of hydrogen-bond acceptors (Lipinski definition) is 7. The van der Waals surface area contributed by atoms with Crippen molar-refractivity contribution in [2.75, 3.05) is 25.5 Å². The minimum Gasteiger partial charge on any atom is -0.506 e. The molecule has 3 heterocycles. The number of phenolic OH excluding ortho intramolecular Hbond substituents is 1. The number of anilines is 2. The molecule has 0 saturated carbocycles. The number of aromatic nitrogens is 2. The lowest BCUT2D eigenvalue weighted by Gasteiger charge is -2.26. The molecule has 1 aliphatic heterocycles. The number of amides is 1. The van der Waals surface area contributed by atoms with Gasteiger partial charge in [0.15, 0.2) is 0 Å². The number of nitrogens with zero attached hydrogens (tertiary/aromatic N) is 4. The van der Waals surface area contributed by atoms with Gasteiger partial charge >= 0.3 is 0 Å². The highest BCUT2D eigenvalue weighted by atomic mass is 35.5. The van der Waals surface area contributed by atoms with Gasteiger partial charge in [0, 0.05) is 41.8 Å². The first-order chi connectivity index (χ1) is 15.7. The molecule has 0 fully saturated rings. The van der Waals surface area contributed by atoms with Crippen LogP contribution in [0.3, 0.4) is 0 Å². The van der Waals surface area contributed by atoms with Crippen molar-refractivity contribution in [2.24, 2.45) is 0 Å². The van der Waals surface area contributed by atoms with Crippen molar-refractivity contribution in [3.05, 3.63) is 51.1 Å². The molecule has 0 atom stereocenters. The van der Waals surface area contributed by atoms with Gasteiger partial charge in [-0.15, -0.1) is 11.3 Å². The Morgan fingerprint density at radius 2 is 2.15 bits per heavy atom. The fourth-order valence-corrected chi connectivity index (χ4v) is 5.16. The minimum absolute atomic E-state index is 0.0194. The zero-order chi connectivity index (χ0) is 23.7. The fraction of sp³-hybridized carbons (Fsp3) is 0.348. The van der Waals surface area contributed by atoms with Gasteiger partial charge in [0.25, 0.3) is 0 Å². The maximum absolute atomic E-state index is 12.7. The Morgan fingerprint density at radius 1 is 1.36 bits per heavy atom. The van der Waals surface area contributed by atoms with Crippen LogP contribution in [0.5, 0.6) is 5.75 Å². The number of aromatic hydroxyl groups is 1. The highest BCUT2D eigenvalue weighted by Crippen LogP contribution is 2.40. The van der Waals surface area contributed by atoms with Crippen molar-refractivity contribution in [3.63, 3.8) is 0 Å². The maximum Gasteiger partial charge on any atom is 0.246 e. The Labute approximate surface area is 206 Å². The number of rotatable bonds is 6. The third-order valence-electron chi connectivity index (χ3n) is 5.76. The van der Waals surface area contributed by atoms with Crippen molar-refractivity contribution in [2.45, 2.75) is 32.9 Å². The summed E-state index contributed by atoms with van der Waals surface area (Å²) in [4.78, 5) is 27.6. The van der Waals surface area contributed by atoms with Gasteiger partial charge in [0.1, 0.15) is 27.7 Å². The first-order valence-corrected chi connectivity index (χ1v) is 12.2. The van der Waals surface area contributed by atoms with Crippen molar-refractivity contribution in [1.29, 1.82) is 0 Å². The SMILES string of the molecule is CC(C)N(C)C/C=C/C(=O)N1CCc2c(sc3ncnc(Nc4cc(O)c(Cl)c(Cl)c4)c23)C1. The first-order valence-electron chi connectivity index (χ1n) is 10.6. The normalized spacial score (nSPS) is 14.0. The molecule has 0 saturated heterocycles. The van der Waals surface area contributed by atoms with E-state index in [1.54, 1.807) is 23.5 Å². The average molecular weight is 506 g/mol. The Kier molecular flexibility index (Phi) is 7.09. The lowest BCUT2D eigenvalue weighted by molar-refractivity contribution is -0.126. The number of carbonyl (C=O) groups excluding carboxylic acids is 1. The van der Waals surface area contributed by atoms with Crippen LogP contribution < -0.4 is 5.32 Å². The van der Waals surface area contributed by atoms with E-state index >= 15 is 0 Å². The molecule has 3 aromatic rings. The summed E-state index contributed by atoms with van der Waals surface area (Å²) in [7, 11) is 2.04. The summed E-state index contributed by atoms with van der Waals surface area (Å²) in [5, 5.41) is 14.5. The van der Waals surface area contributed by atoms with Gasteiger partial charge in [0.2, 0.25) is 5.91 Å². The second kappa shape index (κ2) is 9.85. The Balaban J connectivity index is 1.55. The molecule has 4 rings (SSSR count). The van der Waals surface area contributed by atoms with Crippen LogP contribution in [0.2, 0.25) is 10.0 Å². The molecule has 0 bridgehead atoms. The molecule has 2 aromatic heterocycles. The molecule has 0 unspecified atom stereocenters. The summed E-state index contributed by atoms with van der Waals surface area (Å²) >= 11 is 13.6. The fourth-order valence-electron chi connectivity index (χ4n) is 3.63. The van der Waals surface area contributed by atoms with Crippen LogP contribution >= 0.6 is 34.5 Å². The predicted molar refractivity (Wildman–Crippen MR) is 135 cm³/mol.